The fourth-order valence-corrected chi connectivity index (χ4v) is 2.07. The summed E-state index contributed by atoms with van der Waals surface area (Å²) in [7, 11) is 0. The monoisotopic (exact) mass is 348 g/mol. The van der Waals surface area contributed by atoms with E-state index in [4.69, 9.17) is 15.3 Å². The maximum Gasteiger partial charge on any atom is 0.115 e. The second-order valence-electron chi connectivity index (χ2n) is 7.00. The Morgan fingerprint density at radius 3 is 1.08 bits per heavy atom. The van der Waals surface area contributed by atoms with Gasteiger partial charge in [0.2, 0.25) is 0 Å². The van der Waals surface area contributed by atoms with Crippen LogP contribution in [0.5, 0.6) is 11.5 Å². The summed E-state index contributed by atoms with van der Waals surface area (Å²) in [5, 5.41) is 44.0. The molecule has 0 bridgehead atoms. The van der Waals surface area contributed by atoms with Gasteiger partial charge in [0.05, 0.1) is 19.8 Å². The standard InChI is InChI=1S/C15H16O2.C5H12O3/c1-15(2,11-3-7-13(16)8-4-11)12-5-9-14(17)10-6-12;1-5(2-6,3-7)4-8/h3-10,16-17H,1-2H3;6-8H,2-4H2,1H3. The van der Waals surface area contributed by atoms with E-state index in [1.54, 1.807) is 31.2 Å². The van der Waals surface area contributed by atoms with Gasteiger partial charge in [0.25, 0.3) is 0 Å². The molecule has 0 radical (unpaired) electrons. The molecule has 2 aromatic carbocycles. The number of rotatable bonds is 5. The Kier molecular flexibility index (Phi) is 7.42. The van der Waals surface area contributed by atoms with Gasteiger partial charge in [-0.1, -0.05) is 45.0 Å². The smallest absolute Gasteiger partial charge is 0.115 e. The average molecular weight is 348 g/mol. The van der Waals surface area contributed by atoms with Gasteiger partial charge in [-0.25, -0.2) is 0 Å². The molecule has 0 aliphatic heterocycles. The van der Waals surface area contributed by atoms with Crippen LogP contribution in [-0.2, 0) is 5.41 Å². The molecule has 25 heavy (non-hydrogen) atoms. The summed E-state index contributed by atoms with van der Waals surface area (Å²) in [6, 6.07) is 14.4. The highest BCUT2D eigenvalue weighted by Crippen LogP contribution is 2.32. The van der Waals surface area contributed by atoms with Crippen molar-refractivity contribution in [3.05, 3.63) is 59.7 Å². The lowest BCUT2D eigenvalue weighted by molar-refractivity contribution is 0.0200. The number of aromatic hydroxyl groups is 2. The van der Waals surface area contributed by atoms with Crippen molar-refractivity contribution in [2.75, 3.05) is 19.8 Å². The maximum atomic E-state index is 9.30. The zero-order valence-electron chi connectivity index (χ0n) is 15.0. The maximum absolute atomic E-state index is 9.30. The first-order chi connectivity index (χ1) is 11.7. The molecule has 0 spiro atoms. The average Bonchev–Trinajstić information content (AvgIpc) is 2.62. The third-order valence-electron chi connectivity index (χ3n) is 4.32. The zero-order valence-corrected chi connectivity index (χ0v) is 15.0. The lowest BCUT2D eigenvalue weighted by atomic mass is 9.78. The molecule has 138 valence electrons. The summed E-state index contributed by atoms with van der Waals surface area (Å²) < 4.78 is 0. The minimum atomic E-state index is -0.708. The highest BCUT2D eigenvalue weighted by atomic mass is 16.3. The molecule has 5 heteroatoms. The molecule has 0 amide bonds. The van der Waals surface area contributed by atoms with E-state index in [0.29, 0.717) is 0 Å². The lowest BCUT2D eigenvalue weighted by Crippen LogP contribution is -2.29. The van der Waals surface area contributed by atoms with Crippen molar-refractivity contribution in [3.63, 3.8) is 0 Å². The van der Waals surface area contributed by atoms with Gasteiger partial charge in [-0.05, 0) is 35.4 Å². The molecular formula is C20H28O5. The van der Waals surface area contributed by atoms with E-state index in [9.17, 15) is 10.2 Å². The highest BCUT2D eigenvalue weighted by molar-refractivity contribution is 5.41. The first kappa shape index (κ1) is 21.0. The molecule has 0 unspecified atom stereocenters. The van der Waals surface area contributed by atoms with Gasteiger partial charge in [0.15, 0.2) is 0 Å². The first-order valence-corrected chi connectivity index (χ1v) is 8.10. The SMILES string of the molecule is CC(C)(c1ccc(O)cc1)c1ccc(O)cc1.CC(CO)(CO)CO. The molecule has 2 rings (SSSR count). The van der Waals surface area contributed by atoms with Crippen molar-refractivity contribution in [1.82, 2.24) is 0 Å². The van der Waals surface area contributed by atoms with Gasteiger partial charge in [-0.2, -0.15) is 0 Å². The van der Waals surface area contributed by atoms with E-state index in [1.807, 2.05) is 24.3 Å². The third-order valence-corrected chi connectivity index (χ3v) is 4.32. The van der Waals surface area contributed by atoms with Crippen molar-refractivity contribution in [2.24, 2.45) is 5.41 Å². The minimum Gasteiger partial charge on any atom is -0.508 e. The second-order valence-corrected chi connectivity index (χ2v) is 7.00. The van der Waals surface area contributed by atoms with Gasteiger partial charge in [-0.15, -0.1) is 0 Å². The van der Waals surface area contributed by atoms with Crippen LogP contribution in [0.2, 0.25) is 0 Å². The molecular weight excluding hydrogens is 320 g/mol. The van der Waals surface area contributed by atoms with Crippen LogP contribution in [-0.4, -0.2) is 45.4 Å². The molecule has 5 N–H and O–H groups in total. The van der Waals surface area contributed by atoms with Crippen LogP contribution in [0.3, 0.4) is 0 Å². The summed E-state index contributed by atoms with van der Waals surface area (Å²) in [6.45, 7) is 5.30. The summed E-state index contributed by atoms with van der Waals surface area (Å²) >= 11 is 0. The van der Waals surface area contributed by atoms with E-state index in [0.717, 1.165) is 11.1 Å². The van der Waals surface area contributed by atoms with Crippen molar-refractivity contribution < 1.29 is 25.5 Å². The van der Waals surface area contributed by atoms with Gasteiger partial charge < -0.3 is 25.5 Å². The van der Waals surface area contributed by atoms with Gasteiger partial charge in [0.1, 0.15) is 11.5 Å². The fraction of sp³-hybridized carbons (Fsp3) is 0.400. The molecule has 5 nitrogen and oxygen atoms in total. The van der Waals surface area contributed by atoms with Crippen molar-refractivity contribution in [1.29, 1.82) is 0 Å². The molecule has 0 aliphatic carbocycles. The Hall–Kier alpha value is -2.08. The van der Waals surface area contributed by atoms with Crippen LogP contribution in [0.25, 0.3) is 0 Å². The van der Waals surface area contributed by atoms with Crippen molar-refractivity contribution in [2.45, 2.75) is 26.2 Å². The second kappa shape index (κ2) is 8.85. The largest absolute Gasteiger partial charge is 0.508 e. The van der Waals surface area contributed by atoms with Crippen LogP contribution >= 0.6 is 0 Å². The molecule has 0 heterocycles. The summed E-state index contributed by atoms with van der Waals surface area (Å²) in [5.41, 5.74) is 1.39. The van der Waals surface area contributed by atoms with Gasteiger partial charge in [-0.3, -0.25) is 0 Å². The number of phenolic OH excluding ortho intramolecular Hbond substituents is 2. The Morgan fingerprint density at radius 2 is 0.880 bits per heavy atom. The predicted octanol–water partition coefficient (Wildman–Crippen LogP) is 2.39. The Bertz CT molecular complexity index is 572. The highest BCUT2D eigenvalue weighted by Gasteiger charge is 2.22. The number of aliphatic hydroxyl groups excluding tert-OH is 3. The summed E-state index contributed by atoms with van der Waals surface area (Å²) in [6.07, 6.45) is 0. The number of aliphatic hydroxyl groups is 3. The normalized spacial score (nSPS) is 11.6. The van der Waals surface area contributed by atoms with E-state index in [2.05, 4.69) is 13.8 Å². The summed E-state index contributed by atoms with van der Waals surface area (Å²) in [4.78, 5) is 0. The predicted molar refractivity (Wildman–Crippen MR) is 97.7 cm³/mol. The molecule has 0 aromatic heterocycles. The van der Waals surface area contributed by atoms with Crippen LogP contribution < -0.4 is 0 Å². The van der Waals surface area contributed by atoms with E-state index >= 15 is 0 Å². The Morgan fingerprint density at radius 1 is 0.600 bits per heavy atom. The zero-order chi connectivity index (χ0) is 19.1. The van der Waals surface area contributed by atoms with Crippen LogP contribution in [0, 0.1) is 5.41 Å². The van der Waals surface area contributed by atoms with Crippen LogP contribution in [0.4, 0.5) is 0 Å². The van der Waals surface area contributed by atoms with Crippen molar-refractivity contribution >= 4 is 0 Å². The van der Waals surface area contributed by atoms with E-state index in [1.165, 1.54) is 0 Å². The number of phenols is 2. The van der Waals surface area contributed by atoms with Crippen LogP contribution in [0.15, 0.2) is 48.5 Å². The van der Waals surface area contributed by atoms with E-state index < -0.39 is 5.41 Å². The van der Waals surface area contributed by atoms with Gasteiger partial charge >= 0.3 is 0 Å². The first-order valence-electron chi connectivity index (χ1n) is 8.10. The molecule has 0 saturated heterocycles. The number of hydrogen-bond acceptors (Lipinski definition) is 5. The number of benzene rings is 2. The molecule has 2 aromatic rings. The minimum absolute atomic E-state index is 0.151. The van der Waals surface area contributed by atoms with Gasteiger partial charge in [0, 0.05) is 10.8 Å². The quantitative estimate of drug-likeness (QED) is 0.571. The van der Waals surface area contributed by atoms with Crippen molar-refractivity contribution in [3.8, 4) is 11.5 Å². The fourth-order valence-electron chi connectivity index (χ4n) is 2.07. The van der Waals surface area contributed by atoms with E-state index in [-0.39, 0.29) is 36.7 Å². The topological polar surface area (TPSA) is 101 Å². The molecule has 0 atom stereocenters. The molecule has 0 saturated carbocycles. The van der Waals surface area contributed by atoms with Crippen LogP contribution in [0.1, 0.15) is 31.9 Å². The number of hydrogen-bond donors (Lipinski definition) is 5. The lowest BCUT2D eigenvalue weighted by Gasteiger charge is -2.26. The Labute approximate surface area is 148 Å². The third kappa shape index (κ3) is 5.74. The Balaban J connectivity index is 0.000000333. The molecule has 0 fully saturated rings. The summed E-state index contributed by atoms with van der Waals surface area (Å²) in [5.74, 6) is 0.547. The molecule has 0 aliphatic rings.